The van der Waals surface area contributed by atoms with E-state index in [9.17, 15) is 9.90 Å². The molecule has 1 aromatic rings. The Labute approximate surface area is 117 Å². The fraction of sp³-hybridized carbons (Fsp3) is 0.714. The van der Waals surface area contributed by atoms with Gasteiger partial charge in [-0.25, -0.2) is 9.78 Å². The summed E-state index contributed by atoms with van der Waals surface area (Å²) in [7, 11) is 0. The maximum absolute atomic E-state index is 11.3. The summed E-state index contributed by atoms with van der Waals surface area (Å²) in [6, 6.07) is 0. The molecule has 3 rings (SSSR count). The van der Waals surface area contributed by atoms with Crippen molar-refractivity contribution < 1.29 is 9.90 Å². The molecule has 5 heteroatoms. The van der Waals surface area contributed by atoms with Crippen molar-refractivity contribution in [2.24, 2.45) is 11.8 Å². The fourth-order valence-electron chi connectivity index (χ4n) is 3.06. The summed E-state index contributed by atoms with van der Waals surface area (Å²) in [6.07, 6.45) is 3.44. The van der Waals surface area contributed by atoms with Gasteiger partial charge in [0.2, 0.25) is 0 Å². The first-order valence-electron chi connectivity index (χ1n) is 7.03. The van der Waals surface area contributed by atoms with Gasteiger partial charge in [0.05, 0.1) is 5.69 Å². The molecule has 4 nitrogen and oxygen atoms in total. The van der Waals surface area contributed by atoms with Gasteiger partial charge in [0.25, 0.3) is 0 Å². The first-order valence-corrected chi connectivity index (χ1v) is 7.85. The Kier molecular flexibility index (Phi) is 3.25. The standard InChI is InChI=1S/C14H20N2O2S/c1-8-5-9(2)7-16(6-8)14-15-11(10-3-4-10)12(19-14)13(17)18/h8-10H,3-7H2,1-2H3,(H,17,18). The third-order valence-corrected chi connectivity index (χ3v) is 5.06. The van der Waals surface area contributed by atoms with Gasteiger partial charge in [0.1, 0.15) is 4.88 Å². The number of hydrogen-bond acceptors (Lipinski definition) is 4. The summed E-state index contributed by atoms with van der Waals surface area (Å²) in [5.41, 5.74) is 0.832. The van der Waals surface area contributed by atoms with E-state index >= 15 is 0 Å². The Balaban J connectivity index is 1.88. The molecular formula is C14H20N2O2S. The van der Waals surface area contributed by atoms with Crippen molar-refractivity contribution in [3.05, 3.63) is 10.6 Å². The van der Waals surface area contributed by atoms with E-state index in [1.807, 2.05) is 0 Å². The molecule has 0 aromatic carbocycles. The van der Waals surface area contributed by atoms with Crippen molar-refractivity contribution in [2.75, 3.05) is 18.0 Å². The van der Waals surface area contributed by atoms with E-state index in [2.05, 4.69) is 23.7 Å². The predicted molar refractivity (Wildman–Crippen MR) is 76.2 cm³/mol. The highest BCUT2D eigenvalue weighted by Crippen LogP contribution is 2.44. The van der Waals surface area contributed by atoms with Crippen LogP contribution in [0, 0.1) is 11.8 Å². The highest BCUT2D eigenvalue weighted by Gasteiger charge is 2.34. The first-order chi connectivity index (χ1) is 9.04. The van der Waals surface area contributed by atoms with Gasteiger partial charge in [-0.3, -0.25) is 0 Å². The Bertz CT molecular complexity index is 486. The van der Waals surface area contributed by atoms with Crippen LogP contribution in [0.1, 0.15) is 54.4 Å². The highest BCUT2D eigenvalue weighted by molar-refractivity contribution is 7.17. The SMILES string of the molecule is CC1CC(C)CN(c2nc(C3CC3)c(C(=O)O)s2)C1. The van der Waals surface area contributed by atoms with Gasteiger partial charge in [-0.1, -0.05) is 25.2 Å². The normalized spacial score (nSPS) is 27.6. The second kappa shape index (κ2) is 4.78. The number of carbonyl (C=O) groups is 1. The first kappa shape index (κ1) is 12.9. The van der Waals surface area contributed by atoms with Crippen LogP contribution in [-0.4, -0.2) is 29.1 Å². The Morgan fingerprint density at radius 1 is 1.32 bits per heavy atom. The van der Waals surface area contributed by atoms with Crippen LogP contribution in [0.2, 0.25) is 0 Å². The minimum Gasteiger partial charge on any atom is -0.477 e. The lowest BCUT2D eigenvalue weighted by Crippen LogP contribution is -2.38. The van der Waals surface area contributed by atoms with Crippen LogP contribution in [0.3, 0.4) is 0 Å². The molecular weight excluding hydrogens is 260 g/mol. The van der Waals surface area contributed by atoms with Gasteiger partial charge in [-0.15, -0.1) is 0 Å². The Hall–Kier alpha value is -1.10. The molecule has 2 atom stereocenters. The van der Waals surface area contributed by atoms with Crippen LogP contribution in [0.4, 0.5) is 5.13 Å². The quantitative estimate of drug-likeness (QED) is 0.923. The third kappa shape index (κ3) is 2.61. The average molecular weight is 280 g/mol. The minimum atomic E-state index is -0.816. The molecule has 2 unspecified atom stereocenters. The Morgan fingerprint density at radius 2 is 1.95 bits per heavy atom. The maximum atomic E-state index is 11.3. The number of hydrogen-bond donors (Lipinski definition) is 1. The molecule has 1 saturated carbocycles. The van der Waals surface area contributed by atoms with Gasteiger partial charge in [-0.05, 0) is 31.1 Å². The van der Waals surface area contributed by atoms with E-state index in [4.69, 9.17) is 0 Å². The van der Waals surface area contributed by atoms with E-state index in [0.717, 1.165) is 36.8 Å². The number of thiazole rings is 1. The van der Waals surface area contributed by atoms with Crippen molar-refractivity contribution in [3.8, 4) is 0 Å². The zero-order valence-corrected chi connectivity index (χ0v) is 12.2. The lowest BCUT2D eigenvalue weighted by molar-refractivity contribution is 0.0700. The zero-order chi connectivity index (χ0) is 13.6. The van der Waals surface area contributed by atoms with Gasteiger partial charge in [0, 0.05) is 19.0 Å². The molecule has 1 aromatic heterocycles. The second-order valence-electron chi connectivity index (χ2n) is 6.14. The number of rotatable bonds is 3. The number of carboxylic acids is 1. The summed E-state index contributed by atoms with van der Waals surface area (Å²) in [4.78, 5) is 18.7. The zero-order valence-electron chi connectivity index (χ0n) is 11.4. The molecule has 1 aliphatic carbocycles. The van der Waals surface area contributed by atoms with Gasteiger partial charge >= 0.3 is 5.97 Å². The van der Waals surface area contributed by atoms with Crippen LogP contribution in [-0.2, 0) is 0 Å². The van der Waals surface area contributed by atoms with Crippen LogP contribution >= 0.6 is 11.3 Å². The van der Waals surface area contributed by atoms with E-state index in [-0.39, 0.29) is 0 Å². The molecule has 0 radical (unpaired) electrons. The highest BCUT2D eigenvalue weighted by atomic mass is 32.1. The number of anilines is 1. The average Bonchev–Trinajstić information content (AvgIpc) is 3.06. The molecule has 0 amide bonds. The van der Waals surface area contributed by atoms with E-state index in [1.165, 1.54) is 17.8 Å². The summed E-state index contributed by atoms with van der Waals surface area (Å²) in [5, 5.41) is 10.2. The molecule has 2 aliphatic rings. The molecule has 1 N–H and O–H groups in total. The van der Waals surface area contributed by atoms with Crippen molar-refractivity contribution >= 4 is 22.4 Å². The maximum Gasteiger partial charge on any atom is 0.347 e. The van der Waals surface area contributed by atoms with Crippen molar-refractivity contribution in [3.63, 3.8) is 0 Å². The van der Waals surface area contributed by atoms with Gasteiger partial charge < -0.3 is 10.0 Å². The monoisotopic (exact) mass is 280 g/mol. The fourth-order valence-corrected chi connectivity index (χ4v) is 4.07. The van der Waals surface area contributed by atoms with Crippen LogP contribution in [0.15, 0.2) is 0 Å². The van der Waals surface area contributed by atoms with Crippen LogP contribution in [0.25, 0.3) is 0 Å². The van der Waals surface area contributed by atoms with Crippen molar-refractivity contribution in [1.82, 2.24) is 4.98 Å². The molecule has 1 saturated heterocycles. The Morgan fingerprint density at radius 3 is 2.47 bits per heavy atom. The molecule has 0 spiro atoms. The number of aromatic carboxylic acids is 1. The molecule has 1 aliphatic heterocycles. The van der Waals surface area contributed by atoms with Crippen molar-refractivity contribution in [1.29, 1.82) is 0 Å². The lowest BCUT2D eigenvalue weighted by Gasteiger charge is -2.34. The van der Waals surface area contributed by atoms with Gasteiger partial charge in [0.15, 0.2) is 5.13 Å². The smallest absolute Gasteiger partial charge is 0.347 e. The predicted octanol–water partition coefficient (Wildman–Crippen LogP) is 3.20. The molecule has 2 fully saturated rings. The molecule has 2 heterocycles. The number of piperidine rings is 1. The summed E-state index contributed by atoms with van der Waals surface area (Å²) < 4.78 is 0. The molecule has 19 heavy (non-hydrogen) atoms. The topological polar surface area (TPSA) is 53.4 Å². The number of nitrogens with zero attached hydrogens (tertiary/aromatic N) is 2. The largest absolute Gasteiger partial charge is 0.477 e. The van der Waals surface area contributed by atoms with Crippen LogP contribution < -0.4 is 4.90 Å². The lowest BCUT2D eigenvalue weighted by atomic mass is 9.92. The number of aromatic nitrogens is 1. The molecule has 0 bridgehead atoms. The third-order valence-electron chi connectivity index (χ3n) is 3.94. The van der Waals surface area contributed by atoms with Gasteiger partial charge in [-0.2, -0.15) is 0 Å². The summed E-state index contributed by atoms with van der Waals surface area (Å²) >= 11 is 1.36. The van der Waals surface area contributed by atoms with E-state index in [0.29, 0.717) is 22.6 Å². The summed E-state index contributed by atoms with van der Waals surface area (Å²) in [5.74, 6) is 0.898. The van der Waals surface area contributed by atoms with E-state index < -0.39 is 5.97 Å². The van der Waals surface area contributed by atoms with E-state index in [1.54, 1.807) is 0 Å². The van der Waals surface area contributed by atoms with Crippen molar-refractivity contribution in [2.45, 2.75) is 39.0 Å². The number of carboxylic acid groups (broad SMARTS) is 1. The second-order valence-corrected chi connectivity index (χ2v) is 7.12. The van der Waals surface area contributed by atoms with Crippen LogP contribution in [0.5, 0.6) is 0 Å². The summed E-state index contributed by atoms with van der Waals surface area (Å²) in [6.45, 7) is 6.52. The minimum absolute atomic E-state index is 0.399. The molecule has 104 valence electrons.